The number of ether oxygens (including phenoxy) is 1. The van der Waals surface area contributed by atoms with Crippen molar-refractivity contribution in [3.05, 3.63) is 65.5 Å². The van der Waals surface area contributed by atoms with Gasteiger partial charge in [0.05, 0.1) is 0 Å². The molecule has 0 fully saturated rings. The first kappa shape index (κ1) is 21.4. The maximum absolute atomic E-state index is 13.9. The van der Waals surface area contributed by atoms with Crippen LogP contribution in [0.25, 0.3) is 11.4 Å². The van der Waals surface area contributed by atoms with Crippen molar-refractivity contribution in [2.75, 3.05) is 5.32 Å². The van der Waals surface area contributed by atoms with E-state index in [0.717, 1.165) is 0 Å². The molecule has 2 aromatic carbocycles. The van der Waals surface area contributed by atoms with E-state index in [1.807, 2.05) is 0 Å². The third-order valence-electron chi connectivity index (χ3n) is 4.44. The third kappa shape index (κ3) is 4.79. The quantitative estimate of drug-likeness (QED) is 0.478. The molecule has 0 radical (unpaired) electrons. The number of aromatic amines is 1. The van der Waals surface area contributed by atoms with Gasteiger partial charge >= 0.3 is 6.61 Å². The zero-order valence-electron chi connectivity index (χ0n) is 16.2. The van der Waals surface area contributed by atoms with E-state index >= 15 is 0 Å². The lowest BCUT2D eigenvalue weighted by molar-refractivity contribution is -0.0498. The van der Waals surface area contributed by atoms with E-state index < -0.39 is 18.4 Å². The molecule has 158 valence electrons. The Labute approximate surface area is 170 Å². The molecule has 0 saturated carbocycles. The fourth-order valence-corrected chi connectivity index (χ4v) is 2.83. The molecule has 1 amide bonds. The highest BCUT2D eigenvalue weighted by molar-refractivity contribution is 6.04. The van der Waals surface area contributed by atoms with Crippen molar-refractivity contribution in [3.8, 4) is 17.1 Å². The highest BCUT2D eigenvalue weighted by Gasteiger charge is 2.29. The number of amides is 1. The van der Waals surface area contributed by atoms with Crippen LogP contribution >= 0.6 is 0 Å². The van der Waals surface area contributed by atoms with Crippen LogP contribution in [0.15, 0.2) is 48.5 Å². The summed E-state index contributed by atoms with van der Waals surface area (Å²) in [7, 11) is 0. The first-order valence-corrected chi connectivity index (χ1v) is 9.11. The van der Waals surface area contributed by atoms with Gasteiger partial charge in [0.1, 0.15) is 17.3 Å². The van der Waals surface area contributed by atoms with Crippen LogP contribution in [-0.4, -0.2) is 22.5 Å². The van der Waals surface area contributed by atoms with Gasteiger partial charge in [-0.15, -0.1) is 0 Å². The van der Waals surface area contributed by atoms with Crippen LogP contribution in [0.2, 0.25) is 0 Å². The number of carbonyl (C=O) groups is 1. The van der Waals surface area contributed by atoms with E-state index in [4.69, 9.17) is 0 Å². The van der Waals surface area contributed by atoms with Gasteiger partial charge in [-0.2, -0.15) is 8.78 Å². The number of nitrogens with one attached hydrogen (secondary N) is 2. The largest absolute Gasteiger partial charge is 0.435 e. The Morgan fingerprint density at radius 1 is 1.20 bits per heavy atom. The summed E-state index contributed by atoms with van der Waals surface area (Å²) < 4.78 is 56.6. The Hall–Kier alpha value is -3.36. The molecular weight excluding hydrogens is 402 g/mol. The number of nitrogens with zero attached hydrogens (tertiary/aromatic N) is 1. The standard InChI is InChI=1S/C21H19F4N3O2/c1-3-21(24,25)14-5-4-6-15(11-14)27-19(29)17-12(2)26-18(28-17)13-7-9-16(10-8-13)30-20(22)23/h4-11,20H,3H2,1-2H3,(H,26,28)(H,27,29). The first-order valence-electron chi connectivity index (χ1n) is 9.11. The molecule has 5 nitrogen and oxygen atoms in total. The molecule has 0 atom stereocenters. The van der Waals surface area contributed by atoms with Crippen LogP contribution in [0.5, 0.6) is 5.75 Å². The van der Waals surface area contributed by atoms with Gasteiger partial charge in [0.2, 0.25) is 0 Å². The molecule has 3 rings (SSSR count). The Morgan fingerprint density at radius 2 is 1.90 bits per heavy atom. The number of aryl methyl sites for hydroxylation is 1. The number of hydrogen-bond donors (Lipinski definition) is 2. The minimum absolute atomic E-state index is 0.00115. The minimum atomic E-state index is -2.99. The van der Waals surface area contributed by atoms with Gasteiger partial charge in [-0.05, 0) is 43.3 Å². The van der Waals surface area contributed by atoms with Crippen molar-refractivity contribution in [2.24, 2.45) is 0 Å². The number of benzene rings is 2. The maximum atomic E-state index is 13.9. The maximum Gasteiger partial charge on any atom is 0.387 e. The van der Waals surface area contributed by atoms with Gasteiger partial charge in [0.25, 0.3) is 11.8 Å². The second kappa shape index (κ2) is 8.56. The molecule has 0 aliphatic carbocycles. The van der Waals surface area contributed by atoms with Gasteiger partial charge in [-0.3, -0.25) is 4.79 Å². The van der Waals surface area contributed by atoms with Crippen LogP contribution in [0.4, 0.5) is 23.2 Å². The number of carbonyl (C=O) groups excluding carboxylic acids is 1. The number of anilines is 1. The minimum Gasteiger partial charge on any atom is -0.435 e. The Morgan fingerprint density at radius 3 is 2.53 bits per heavy atom. The second-order valence-electron chi connectivity index (χ2n) is 6.55. The molecule has 0 aliphatic heterocycles. The summed E-state index contributed by atoms with van der Waals surface area (Å²) in [6, 6.07) is 11.3. The van der Waals surface area contributed by atoms with Crippen LogP contribution in [0.3, 0.4) is 0 Å². The average molecular weight is 421 g/mol. The molecule has 0 unspecified atom stereocenters. The van der Waals surface area contributed by atoms with Crippen molar-refractivity contribution >= 4 is 11.6 Å². The lowest BCUT2D eigenvalue weighted by atomic mass is 10.1. The van der Waals surface area contributed by atoms with Crippen LogP contribution in [0.1, 0.15) is 35.1 Å². The summed E-state index contributed by atoms with van der Waals surface area (Å²) in [5, 5.41) is 2.57. The topological polar surface area (TPSA) is 67.0 Å². The summed E-state index contributed by atoms with van der Waals surface area (Å²) >= 11 is 0. The van der Waals surface area contributed by atoms with Gasteiger partial charge in [-0.1, -0.05) is 19.1 Å². The number of imidazole rings is 1. The number of halogens is 4. The normalized spacial score (nSPS) is 11.6. The van der Waals surface area contributed by atoms with Crippen molar-refractivity contribution < 1.29 is 27.1 Å². The number of hydrogen-bond acceptors (Lipinski definition) is 3. The van der Waals surface area contributed by atoms with Crippen molar-refractivity contribution in [3.63, 3.8) is 0 Å². The van der Waals surface area contributed by atoms with Gasteiger partial charge in [-0.25, -0.2) is 13.8 Å². The van der Waals surface area contributed by atoms with Gasteiger partial charge in [0, 0.05) is 28.9 Å². The number of rotatable bonds is 7. The molecule has 1 heterocycles. The number of H-pyrrole nitrogens is 1. The Bertz CT molecular complexity index is 1030. The van der Waals surface area contributed by atoms with E-state index in [2.05, 4.69) is 20.0 Å². The molecule has 0 saturated heterocycles. The Balaban J connectivity index is 1.78. The number of alkyl halides is 4. The zero-order valence-corrected chi connectivity index (χ0v) is 16.2. The van der Waals surface area contributed by atoms with Gasteiger partial charge in [0.15, 0.2) is 0 Å². The molecule has 3 aromatic rings. The third-order valence-corrected chi connectivity index (χ3v) is 4.44. The Kier molecular flexibility index (Phi) is 6.09. The summed E-state index contributed by atoms with van der Waals surface area (Å²) in [5.74, 6) is -3.20. The molecular formula is C21H19F4N3O2. The number of aromatic nitrogens is 2. The first-order chi connectivity index (χ1) is 14.2. The lowest BCUT2D eigenvalue weighted by Crippen LogP contribution is -2.15. The van der Waals surface area contributed by atoms with Crippen molar-refractivity contribution in [1.82, 2.24) is 9.97 Å². The highest BCUT2D eigenvalue weighted by Crippen LogP contribution is 2.32. The van der Waals surface area contributed by atoms with Crippen LogP contribution in [0, 0.1) is 6.92 Å². The van der Waals surface area contributed by atoms with Gasteiger partial charge < -0.3 is 15.0 Å². The smallest absolute Gasteiger partial charge is 0.387 e. The monoisotopic (exact) mass is 421 g/mol. The van der Waals surface area contributed by atoms with E-state index in [1.165, 1.54) is 55.5 Å². The van der Waals surface area contributed by atoms with Crippen LogP contribution < -0.4 is 10.1 Å². The molecule has 1 aromatic heterocycles. The molecule has 30 heavy (non-hydrogen) atoms. The predicted molar refractivity (Wildman–Crippen MR) is 104 cm³/mol. The molecule has 0 spiro atoms. The van der Waals surface area contributed by atoms with Crippen molar-refractivity contribution in [1.29, 1.82) is 0 Å². The SMILES string of the molecule is CCC(F)(F)c1cccc(NC(=O)c2nc(-c3ccc(OC(F)F)cc3)[nH]c2C)c1. The van der Waals surface area contributed by atoms with E-state index in [-0.39, 0.29) is 29.1 Å². The van der Waals surface area contributed by atoms with Crippen molar-refractivity contribution in [2.45, 2.75) is 32.8 Å². The summed E-state index contributed by atoms with van der Waals surface area (Å²) in [6.45, 7) is 0.0979. The van der Waals surface area contributed by atoms with E-state index in [9.17, 15) is 22.4 Å². The summed E-state index contributed by atoms with van der Waals surface area (Å²) in [5.41, 5.74) is 1.15. The lowest BCUT2D eigenvalue weighted by Gasteiger charge is -2.15. The average Bonchev–Trinajstić information content (AvgIpc) is 3.10. The molecule has 0 bridgehead atoms. The highest BCUT2D eigenvalue weighted by atomic mass is 19.3. The molecule has 0 aliphatic rings. The fourth-order valence-electron chi connectivity index (χ4n) is 2.83. The predicted octanol–water partition coefficient (Wildman–Crippen LogP) is 5.74. The van der Waals surface area contributed by atoms with E-state index in [1.54, 1.807) is 6.92 Å². The summed E-state index contributed by atoms with van der Waals surface area (Å²) in [6.07, 6.45) is -0.354. The zero-order chi connectivity index (χ0) is 21.9. The van der Waals surface area contributed by atoms with Crippen LogP contribution in [-0.2, 0) is 5.92 Å². The molecule has 9 heteroatoms. The van der Waals surface area contributed by atoms with E-state index in [0.29, 0.717) is 17.1 Å². The fraction of sp³-hybridized carbons (Fsp3) is 0.238. The summed E-state index contributed by atoms with van der Waals surface area (Å²) in [4.78, 5) is 19.8. The second-order valence-corrected chi connectivity index (χ2v) is 6.55. The molecule has 2 N–H and O–H groups in total.